The fourth-order valence-corrected chi connectivity index (χ4v) is 3.47. The Bertz CT molecular complexity index is 161. The third-order valence-electron chi connectivity index (χ3n) is 1.76. The highest BCUT2D eigenvalue weighted by Gasteiger charge is 2.42. The summed E-state index contributed by atoms with van der Waals surface area (Å²) in [5, 5.41) is 0. The Kier molecular flexibility index (Phi) is 7.90. The molecule has 0 aliphatic rings. The minimum Gasteiger partial charge on any atom is -0.361 e. The van der Waals surface area contributed by atoms with Crippen molar-refractivity contribution in [3.05, 3.63) is 12.7 Å². The summed E-state index contributed by atoms with van der Waals surface area (Å²) < 4.78 is 16.9. The molecule has 0 aliphatic heterocycles. The fraction of sp³-hybridized carbons (Fsp3) is 0.800. The van der Waals surface area contributed by atoms with Crippen LogP contribution in [0.3, 0.4) is 0 Å². The predicted octanol–water partition coefficient (Wildman–Crippen LogP) is 1.70. The predicted molar refractivity (Wildman–Crippen MR) is 63.4 cm³/mol. The van der Waals surface area contributed by atoms with Crippen LogP contribution in [0.2, 0.25) is 0 Å². The molecule has 0 aliphatic carbocycles. The molecule has 0 saturated carbocycles. The molecule has 0 fully saturated rings. The highest BCUT2D eigenvalue weighted by Crippen LogP contribution is 2.07. The van der Waals surface area contributed by atoms with Gasteiger partial charge in [-0.2, -0.15) is 0 Å². The zero-order valence-electron chi connectivity index (χ0n) is 10.2. The lowest BCUT2D eigenvalue weighted by Gasteiger charge is -2.30. The first-order valence-corrected chi connectivity index (χ1v) is 7.18. The van der Waals surface area contributed by atoms with E-state index in [0.29, 0.717) is 19.8 Å². The molecule has 0 aromatic heterocycles. The summed E-state index contributed by atoms with van der Waals surface area (Å²) in [6, 6.07) is 0.112. The Hall–Kier alpha value is -0.203. The smallest absolute Gasteiger partial charge is 0.361 e. The van der Waals surface area contributed by atoms with Gasteiger partial charge in [0.25, 0.3) is 0 Å². The van der Waals surface area contributed by atoms with Crippen molar-refractivity contribution in [3.8, 4) is 0 Å². The quantitative estimate of drug-likeness (QED) is 0.486. The highest BCUT2D eigenvalue weighted by atomic mass is 28.4. The van der Waals surface area contributed by atoms with Gasteiger partial charge in [0, 0.05) is 25.9 Å². The molecule has 0 aromatic rings. The summed E-state index contributed by atoms with van der Waals surface area (Å²) in [5.41, 5.74) is 0. The molecule has 15 heavy (non-hydrogen) atoms. The van der Waals surface area contributed by atoms with E-state index >= 15 is 0 Å². The van der Waals surface area contributed by atoms with E-state index < -0.39 is 8.97 Å². The van der Waals surface area contributed by atoms with Crippen molar-refractivity contribution >= 4 is 8.97 Å². The maximum atomic E-state index is 5.62. The maximum absolute atomic E-state index is 5.62. The molecule has 0 spiro atoms. The average Bonchev–Trinajstić information content (AvgIpc) is 2.18. The van der Waals surface area contributed by atoms with Gasteiger partial charge in [-0.25, -0.2) is 0 Å². The van der Waals surface area contributed by atoms with Gasteiger partial charge in [-0.15, -0.1) is 6.58 Å². The highest BCUT2D eigenvalue weighted by molar-refractivity contribution is 6.58. The zero-order chi connectivity index (χ0) is 11.7. The van der Waals surface area contributed by atoms with E-state index in [2.05, 4.69) is 11.6 Å². The summed E-state index contributed by atoms with van der Waals surface area (Å²) in [4.78, 5) is 3.24. The van der Waals surface area contributed by atoms with Crippen LogP contribution in [0.15, 0.2) is 12.7 Å². The Morgan fingerprint density at radius 2 is 1.53 bits per heavy atom. The van der Waals surface area contributed by atoms with Gasteiger partial charge in [-0.3, -0.25) is 4.98 Å². The van der Waals surface area contributed by atoms with Crippen molar-refractivity contribution in [1.82, 2.24) is 4.98 Å². The molecule has 90 valence electrons. The molecule has 0 amide bonds. The van der Waals surface area contributed by atoms with Crippen LogP contribution in [0.4, 0.5) is 0 Å². The van der Waals surface area contributed by atoms with Gasteiger partial charge in [0.15, 0.2) is 0 Å². The topological polar surface area (TPSA) is 39.7 Å². The summed E-state index contributed by atoms with van der Waals surface area (Å²) >= 11 is 0. The lowest BCUT2D eigenvalue weighted by molar-refractivity contribution is 0.0583. The molecule has 1 N–H and O–H groups in total. The van der Waals surface area contributed by atoms with Crippen LogP contribution >= 0.6 is 0 Å². The van der Waals surface area contributed by atoms with E-state index in [1.807, 2.05) is 27.7 Å². The Morgan fingerprint density at radius 1 is 1.13 bits per heavy atom. The average molecular weight is 233 g/mol. The number of hydrogen-bond acceptors (Lipinski definition) is 4. The van der Waals surface area contributed by atoms with Crippen LogP contribution in [0.5, 0.6) is 0 Å². The Morgan fingerprint density at radius 3 is 1.80 bits per heavy atom. The maximum Gasteiger partial charge on any atom is 0.597 e. The van der Waals surface area contributed by atoms with E-state index in [4.69, 9.17) is 13.3 Å². The van der Waals surface area contributed by atoms with Crippen LogP contribution in [0.1, 0.15) is 27.7 Å². The Labute approximate surface area is 94.1 Å². The standard InChI is InChI=1S/C10H23NO3Si/c1-6-10(5)11-15(12-7-2,13-8-3)14-9-4/h6,10-11H,1,7-9H2,2-5H3. The lowest BCUT2D eigenvalue weighted by Crippen LogP contribution is -2.61. The molecule has 0 bridgehead atoms. The summed E-state index contributed by atoms with van der Waals surface area (Å²) in [6.07, 6.45) is 1.80. The lowest BCUT2D eigenvalue weighted by atomic mass is 10.4. The van der Waals surface area contributed by atoms with E-state index in [0.717, 1.165) is 0 Å². The van der Waals surface area contributed by atoms with Crippen molar-refractivity contribution in [2.75, 3.05) is 19.8 Å². The summed E-state index contributed by atoms with van der Waals surface area (Å²) in [7, 11) is -2.70. The van der Waals surface area contributed by atoms with Crippen LogP contribution in [-0.4, -0.2) is 34.8 Å². The second-order valence-corrected chi connectivity index (χ2v) is 5.29. The third-order valence-corrected chi connectivity index (χ3v) is 4.58. The molecule has 0 heterocycles. The van der Waals surface area contributed by atoms with Crippen molar-refractivity contribution in [2.45, 2.75) is 33.7 Å². The molecule has 1 unspecified atom stereocenters. The number of nitrogens with one attached hydrogen (secondary N) is 1. The van der Waals surface area contributed by atoms with Crippen molar-refractivity contribution in [3.63, 3.8) is 0 Å². The zero-order valence-corrected chi connectivity index (χ0v) is 11.2. The van der Waals surface area contributed by atoms with E-state index in [1.54, 1.807) is 6.08 Å². The van der Waals surface area contributed by atoms with Gasteiger partial charge in [-0.05, 0) is 27.7 Å². The molecule has 1 atom stereocenters. The normalized spacial score (nSPS) is 13.9. The molecule has 0 aromatic carbocycles. The molecule has 0 saturated heterocycles. The summed E-state index contributed by atoms with van der Waals surface area (Å²) in [5.74, 6) is 0. The third kappa shape index (κ3) is 5.43. The first-order chi connectivity index (χ1) is 7.14. The molecule has 5 heteroatoms. The largest absolute Gasteiger partial charge is 0.597 e. The molecular weight excluding hydrogens is 210 g/mol. The van der Waals surface area contributed by atoms with Gasteiger partial charge in [0.05, 0.1) is 0 Å². The molecule has 4 nitrogen and oxygen atoms in total. The monoisotopic (exact) mass is 233 g/mol. The van der Waals surface area contributed by atoms with E-state index in [9.17, 15) is 0 Å². The SMILES string of the molecule is C=CC(C)N[Si](OCC)(OCC)OCC. The second-order valence-electron chi connectivity index (χ2n) is 3.02. The summed E-state index contributed by atoms with van der Waals surface area (Å²) in [6.45, 7) is 13.2. The molecule has 0 radical (unpaired) electrons. The first kappa shape index (κ1) is 14.8. The van der Waals surface area contributed by atoms with Crippen LogP contribution < -0.4 is 4.98 Å². The second kappa shape index (κ2) is 8.01. The van der Waals surface area contributed by atoms with E-state index in [-0.39, 0.29) is 6.04 Å². The fourth-order valence-electron chi connectivity index (χ4n) is 1.16. The minimum absolute atomic E-state index is 0.112. The van der Waals surface area contributed by atoms with Gasteiger partial charge in [-0.1, -0.05) is 6.08 Å². The van der Waals surface area contributed by atoms with Gasteiger partial charge in [0.2, 0.25) is 0 Å². The van der Waals surface area contributed by atoms with E-state index in [1.165, 1.54) is 0 Å². The minimum atomic E-state index is -2.70. The molecular formula is C10H23NO3Si. The van der Waals surface area contributed by atoms with Gasteiger partial charge in [0.1, 0.15) is 0 Å². The molecule has 0 rings (SSSR count). The van der Waals surface area contributed by atoms with Gasteiger partial charge >= 0.3 is 8.97 Å². The van der Waals surface area contributed by atoms with Gasteiger partial charge < -0.3 is 13.3 Å². The van der Waals surface area contributed by atoms with Crippen molar-refractivity contribution < 1.29 is 13.3 Å². The number of hydrogen-bond donors (Lipinski definition) is 1. The Balaban J connectivity index is 4.51. The van der Waals surface area contributed by atoms with Crippen LogP contribution in [0.25, 0.3) is 0 Å². The van der Waals surface area contributed by atoms with Crippen molar-refractivity contribution in [2.24, 2.45) is 0 Å². The van der Waals surface area contributed by atoms with Crippen LogP contribution in [0, 0.1) is 0 Å². The number of rotatable bonds is 9. The van der Waals surface area contributed by atoms with Crippen LogP contribution in [-0.2, 0) is 13.3 Å². The first-order valence-electron chi connectivity index (χ1n) is 5.46. The van der Waals surface area contributed by atoms with Crippen molar-refractivity contribution in [1.29, 1.82) is 0 Å².